The first-order valence-corrected chi connectivity index (χ1v) is 6.73. The molecule has 0 rings (SSSR count). The van der Waals surface area contributed by atoms with Crippen molar-refractivity contribution in [1.82, 2.24) is 14.2 Å². The van der Waals surface area contributed by atoms with Gasteiger partial charge in [0.2, 0.25) is 4.27 Å². The van der Waals surface area contributed by atoms with Crippen molar-refractivity contribution in [1.29, 1.82) is 0 Å². The highest BCUT2D eigenvalue weighted by molar-refractivity contribution is 8.17. The first kappa shape index (κ1) is 16.8. The van der Waals surface area contributed by atoms with E-state index < -0.39 is 22.4 Å². The fourth-order valence-electron chi connectivity index (χ4n) is 0.538. The van der Waals surface area contributed by atoms with Crippen molar-refractivity contribution in [3.05, 3.63) is 0 Å². The predicted molar refractivity (Wildman–Crippen MR) is 70.7 cm³/mol. The summed E-state index contributed by atoms with van der Waals surface area (Å²) in [5.74, 6) is -0.119. The van der Waals surface area contributed by atoms with Gasteiger partial charge in [-0.15, -0.1) is 0 Å². The molecule has 6 amide bonds. The number of hydrogen-bond acceptors (Lipinski definition) is 7. The molecule has 0 bridgehead atoms. The normalized spacial score (nSPS) is 10.5. The zero-order chi connectivity index (χ0) is 14.2. The maximum atomic E-state index is 10.5. The molecule has 104 valence electrons. The minimum Gasteiger partial charge on any atom is -0.367 e. The van der Waals surface area contributed by atoms with Crippen LogP contribution in [0.25, 0.3) is 0 Å². The smallest absolute Gasteiger partial charge is 0.322 e. The molecule has 0 heterocycles. The van der Waals surface area contributed by atoms with Gasteiger partial charge in [0, 0.05) is 23.9 Å². The van der Waals surface area contributed by atoms with Crippen molar-refractivity contribution in [2.24, 2.45) is 17.2 Å². The molecule has 0 aromatic rings. The molecule has 10 N–H and O–H groups in total. The molecule has 0 aromatic heterocycles. The van der Waals surface area contributed by atoms with E-state index in [1.165, 1.54) is 0 Å². The molecule has 10 nitrogen and oxygen atoms in total. The van der Waals surface area contributed by atoms with Crippen LogP contribution in [-0.4, -0.2) is 33.2 Å². The Balaban J connectivity index is 4.32. The molecule has 0 aliphatic heterocycles. The number of nitrogens with one attached hydrogen (secondary N) is 3. The summed E-state index contributed by atoms with van der Waals surface area (Å²) in [4.78, 5) is 31.5. The van der Waals surface area contributed by atoms with Gasteiger partial charge in [0.25, 0.3) is 0 Å². The number of primary amides is 3. The van der Waals surface area contributed by atoms with Crippen LogP contribution in [-0.2, 0) is 0 Å². The molecule has 0 spiro atoms. The van der Waals surface area contributed by atoms with E-state index in [0.717, 1.165) is 11.9 Å². The van der Waals surface area contributed by atoms with E-state index in [2.05, 4.69) is 14.2 Å². The molecule has 0 aliphatic rings. The zero-order valence-corrected chi connectivity index (χ0v) is 11.3. The summed E-state index contributed by atoms with van der Waals surface area (Å²) in [6, 6.07) is -2.57. The molecule has 0 aromatic carbocycles. The first-order chi connectivity index (χ1) is 8.25. The third-order valence-corrected chi connectivity index (χ3v) is 4.36. The number of urea groups is 3. The Hall–Kier alpha value is -1.18. The van der Waals surface area contributed by atoms with Crippen LogP contribution in [0.2, 0.25) is 0 Å². The molecule has 0 atom stereocenters. The van der Waals surface area contributed by atoms with Gasteiger partial charge in [0.1, 0.15) is 0 Å². The van der Waals surface area contributed by atoms with Gasteiger partial charge in [0.05, 0.1) is 5.75 Å². The molecular weight excluding hydrogens is 304 g/mol. The molecular formula is C5H12N6O4S3. The number of carbonyl (C=O) groups excluding carboxylic acids is 3. The summed E-state index contributed by atoms with van der Waals surface area (Å²) in [7, 11) is 0. The van der Waals surface area contributed by atoms with Crippen LogP contribution in [0.5, 0.6) is 0 Å². The van der Waals surface area contributed by atoms with E-state index in [9.17, 15) is 19.5 Å². The van der Waals surface area contributed by atoms with Crippen molar-refractivity contribution < 1.29 is 19.5 Å². The SMILES string of the molecule is NC(=O)NSCC(O)(SNC(N)=O)SNC(N)=O. The van der Waals surface area contributed by atoms with Crippen LogP contribution in [0.3, 0.4) is 0 Å². The Morgan fingerprint density at radius 2 is 1.33 bits per heavy atom. The summed E-state index contributed by atoms with van der Waals surface area (Å²) in [5.41, 5.74) is 14.5. The molecule has 0 aliphatic carbocycles. The van der Waals surface area contributed by atoms with E-state index in [1.54, 1.807) is 0 Å². The van der Waals surface area contributed by atoms with E-state index in [4.69, 9.17) is 17.2 Å². The molecule has 18 heavy (non-hydrogen) atoms. The number of amides is 6. The van der Waals surface area contributed by atoms with Gasteiger partial charge in [-0.2, -0.15) is 0 Å². The summed E-state index contributed by atoms with van der Waals surface area (Å²) < 4.78 is 4.63. The van der Waals surface area contributed by atoms with Crippen molar-refractivity contribution in [3.8, 4) is 0 Å². The second kappa shape index (κ2) is 8.02. The highest BCUT2D eigenvalue weighted by atomic mass is 32.2. The van der Waals surface area contributed by atoms with Crippen LogP contribution < -0.4 is 31.4 Å². The number of carbonyl (C=O) groups is 3. The van der Waals surface area contributed by atoms with Crippen LogP contribution in [0.15, 0.2) is 0 Å². The van der Waals surface area contributed by atoms with E-state index in [1.807, 2.05) is 0 Å². The van der Waals surface area contributed by atoms with Gasteiger partial charge in [0.15, 0.2) is 0 Å². The van der Waals surface area contributed by atoms with Gasteiger partial charge < -0.3 is 22.3 Å². The first-order valence-electron chi connectivity index (χ1n) is 4.11. The second-order valence-corrected chi connectivity index (χ2v) is 5.81. The molecule has 0 fully saturated rings. The zero-order valence-electron chi connectivity index (χ0n) is 8.84. The monoisotopic (exact) mass is 316 g/mol. The lowest BCUT2D eigenvalue weighted by Gasteiger charge is -2.24. The van der Waals surface area contributed by atoms with Gasteiger partial charge in [-0.3, -0.25) is 14.2 Å². The average Bonchev–Trinajstić information content (AvgIpc) is 2.23. The van der Waals surface area contributed by atoms with E-state index in [-0.39, 0.29) is 5.75 Å². The largest absolute Gasteiger partial charge is 0.367 e. The molecule has 0 unspecified atom stereocenters. The fourth-order valence-corrected chi connectivity index (χ4v) is 2.70. The third-order valence-electron chi connectivity index (χ3n) is 1.05. The topological polar surface area (TPSA) is 186 Å². The fraction of sp³-hybridized carbons (Fsp3) is 0.400. The second-order valence-electron chi connectivity index (χ2n) is 2.60. The van der Waals surface area contributed by atoms with Gasteiger partial charge in [-0.05, 0) is 11.9 Å². The standard InChI is InChI=1S/C5H12N6O4S3/c6-2(12)9-16-1-5(15,17-10-3(7)13)18-11-4(8)14/h15H,1H2,(H3,6,9,12)(H3,7,10,13)(H3,8,11,14). The Bertz CT molecular complexity index is 310. The molecule has 0 saturated carbocycles. The number of nitrogens with two attached hydrogens (primary N) is 3. The highest BCUT2D eigenvalue weighted by Crippen LogP contribution is 2.33. The lowest BCUT2D eigenvalue weighted by Crippen LogP contribution is -2.38. The van der Waals surface area contributed by atoms with Crippen molar-refractivity contribution in [2.45, 2.75) is 4.27 Å². The minimum absolute atomic E-state index is 0.119. The summed E-state index contributed by atoms with van der Waals surface area (Å²) in [5, 5.41) is 9.99. The Morgan fingerprint density at radius 1 is 0.944 bits per heavy atom. The van der Waals surface area contributed by atoms with Crippen molar-refractivity contribution >= 4 is 53.9 Å². The highest BCUT2D eigenvalue weighted by Gasteiger charge is 2.31. The number of aliphatic hydroxyl groups is 1. The number of hydrogen-bond donors (Lipinski definition) is 7. The Kier molecular flexibility index (Phi) is 7.49. The summed E-state index contributed by atoms with van der Waals surface area (Å²) in [6.45, 7) is 0. The maximum Gasteiger partial charge on any atom is 0.322 e. The predicted octanol–water partition coefficient (Wildman–Crippen LogP) is -1.42. The Morgan fingerprint density at radius 3 is 1.67 bits per heavy atom. The van der Waals surface area contributed by atoms with Crippen molar-refractivity contribution in [2.75, 3.05) is 5.75 Å². The average molecular weight is 316 g/mol. The van der Waals surface area contributed by atoms with Crippen LogP contribution in [0, 0.1) is 0 Å². The van der Waals surface area contributed by atoms with E-state index >= 15 is 0 Å². The third kappa shape index (κ3) is 8.91. The molecule has 13 heteroatoms. The lowest BCUT2D eigenvalue weighted by molar-refractivity contribution is 0.244. The lowest BCUT2D eigenvalue weighted by atomic mass is 10.8. The van der Waals surface area contributed by atoms with Gasteiger partial charge >= 0.3 is 18.1 Å². The summed E-state index contributed by atoms with van der Waals surface area (Å²) in [6.07, 6.45) is 0. The Labute approximate surface area is 115 Å². The van der Waals surface area contributed by atoms with Crippen molar-refractivity contribution in [3.63, 3.8) is 0 Å². The van der Waals surface area contributed by atoms with Gasteiger partial charge in [-0.1, -0.05) is 0 Å². The summed E-state index contributed by atoms with van der Waals surface area (Å²) >= 11 is 1.84. The van der Waals surface area contributed by atoms with Crippen LogP contribution in [0.4, 0.5) is 14.4 Å². The molecule has 0 saturated heterocycles. The number of rotatable bonds is 7. The maximum absolute atomic E-state index is 10.5. The minimum atomic E-state index is -1.70. The molecule has 0 radical (unpaired) electrons. The van der Waals surface area contributed by atoms with E-state index in [0.29, 0.717) is 23.9 Å². The van der Waals surface area contributed by atoms with Crippen LogP contribution >= 0.6 is 35.8 Å². The quantitative estimate of drug-likeness (QED) is 0.222. The van der Waals surface area contributed by atoms with Crippen LogP contribution in [0.1, 0.15) is 0 Å². The van der Waals surface area contributed by atoms with Gasteiger partial charge in [-0.25, -0.2) is 14.4 Å².